The highest BCUT2D eigenvalue weighted by atomic mass is 35.5. The smallest absolute Gasteiger partial charge is 0.239 e. The van der Waals surface area contributed by atoms with Crippen LogP contribution < -0.4 is 24.3 Å². The number of phenolic OH excluding ortho intramolecular Hbond substituents is 1. The number of allylic oxidation sites excluding steroid dienone is 1. The number of nitrogens with one attached hydrogen (secondary N) is 1. The van der Waals surface area contributed by atoms with E-state index in [4.69, 9.17) is 30.5 Å². The van der Waals surface area contributed by atoms with Gasteiger partial charge in [0.15, 0.2) is 28.8 Å². The molecule has 2 heterocycles. The standard InChI is InChI=1S/C30H31ClN2O10/c1-14-9-18(35)24(28(38)30(14)29(39)25-20(41-3)12-21(42-4)26(31)27(25)43-30)16(15-5-6-17(34)19(10-15)40-2)11-23(37)33-8-7-32-22(36)13-33/h5-6,10,12,14,16,34,38H,7-9,11,13H2,1-4H3,(H,32,36). The predicted molar refractivity (Wildman–Crippen MR) is 152 cm³/mol. The topological polar surface area (TPSA) is 161 Å². The van der Waals surface area contributed by atoms with Crippen LogP contribution in [-0.4, -0.2) is 85.1 Å². The molecule has 228 valence electrons. The maximum absolute atomic E-state index is 14.2. The number of aromatic hydroxyl groups is 1. The third kappa shape index (κ3) is 4.79. The average Bonchev–Trinajstić information content (AvgIpc) is 3.30. The highest BCUT2D eigenvalue weighted by Gasteiger charge is 2.61. The van der Waals surface area contributed by atoms with Crippen LogP contribution in [0.4, 0.5) is 0 Å². The lowest BCUT2D eigenvalue weighted by Gasteiger charge is -2.39. The fourth-order valence-electron chi connectivity index (χ4n) is 5.99. The summed E-state index contributed by atoms with van der Waals surface area (Å²) in [6, 6.07) is 5.72. The van der Waals surface area contributed by atoms with Gasteiger partial charge in [-0.3, -0.25) is 19.2 Å². The number of benzene rings is 2. The number of methoxy groups -OCH3 is 3. The summed E-state index contributed by atoms with van der Waals surface area (Å²) in [7, 11) is 4.09. The number of phenols is 1. The molecule has 1 fully saturated rings. The Labute approximate surface area is 252 Å². The summed E-state index contributed by atoms with van der Waals surface area (Å²) < 4.78 is 22.3. The van der Waals surface area contributed by atoms with Crippen molar-refractivity contribution in [3.8, 4) is 28.7 Å². The van der Waals surface area contributed by atoms with Gasteiger partial charge in [-0.05, 0) is 17.7 Å². The zero-order valence-electron chi connectivity index (χ0n) is 24.0. The van der Waals surface area contributed by atoms with Crippen LogP contribution in [0.25, 0.3) is 0 Å². The normalized spacial score (nSPS) is 22.2. The van der Waals surface area contributed by atoms with Gasteiger partial charge in [0, 0.05) is 49.4 Å². The Hall–Kier alpha value is -4.45. The van der Waals surface area contributed by atoms with Crippen LogP contribution in [0.15, 0.2) is 35.6 Å². The Balaban J connectivity index is 1.68. The molecule has 2 aliphatic heterocycles. The molecular weight excluding hydrogens is 584 g/mol. The zero-order chi connectivity index (χ0) is 31.2. The van der Waals surface area contributed by atoms with Crippen molar-refractivity contribution < 1.29 is 48.3 Å². The van der Waals surface area contributed by atoms with Crippen molar-refractivity contribution >= 4 is 35.0 Å². The minimum Gasteiger partial charge on any atom is -0.507 e. The number of piperazine rings is 1. The molecule has 2 aromatic rings. The van der Waals surface area contributed by atoms with Crippen LogP contribution in [0, 0.1) is 5.92 Å². The van der Waals surface area contributed by atoms with Gasteiger partial charge in [0.1, 0.15) is 22.1 Å². The number of aliphatic hydroxyl groups excluding tert-OH is 1. The first-order valence-corrected chi connectivity index (χ1v) is 13.9. The maximum atomic E-state index is 14.2. The van der Waals surface area contributed by atoms with Gasteiger partial charge in [-0.25, -0.2) is 0 Å². The Morgan fingerprint density at radius 2 is 1.81 bits per heavy atom. The molecule has 3 aliphatic rings. The number of amides is 2. The van der Waals surface area contributed by atoms with Crippen molar-refractivity contribution in [1.82, 2.24) is 10.2 Å². The van der Waals surface area contributed by atoms with Gasteiger partial charge in [0.25, 0.3) is 0 Å². The van der Waals surface area contributed by atoms with E-state index in [1.165, 1.54) is 50.5 Å². The molecule has 3 unspecified atom stereocenters. The largest absolute Gasteiger partial charge is 0.507 e. The molecule has 5 rings (SSSR count). The predicted octanol–water partition coefficient (Wildman–Crippen LogP) is 2.94. The molecule has 3 N–H and O–H groups in total. The molecular formula is C30H31ClN2O10. The summed E-state index contributed by atoms with van der Waals surface area (Å²) in [4.78, 5) is 54.8. The lowest BCUT2D eigenvalue weighted by atomic mass is 9.69. The number of carbonyl (C=O) groups excluding carboxylic acids is 4. The number of carbonyl (C=O) groups is 4. The van der Waals surface area contributed by atoms with E-state index in [0.717, 1.165) is 0 Å². The number of ether oxygens (including phenoxy) is 4. The van der Waals surface area contributed by atoms with Crippen molar-refractivity contribution in [2.24, 2.45) is 5.92 Å². The number of nitrogens with zero attached hydrogens (tertiary/aromatic N) is 1. The van der Waals surface area contributed by atoms with Crippen LogP contribution in [-0.2, 0) is 14.4 Å². The van der Waals surface area contributed by atoms with E-state index in [1.807, 2.05) is 0 Å². The Morgan fingerprint density at radius 1 is 1.12 bits per heavy atom. The molecule has 0 radical (unpaired) electrons. The molecule has 2 aromatic carbocycles. The fraction of sp³-hybridized carbons (Fsp3) is 0.400. The van der Waals surface area contributed by atoms with Gasteiger partial charge in [0.05, 0.1) is 27.9 Å². The molecule has 2 amide bonds. The minimum atomic E-state index is -2.05. The summed E-state index contributed by atoms with van der Waals surface area (Å²) in [6.45, 7) is 1.96. The number of hydrogen-bond acceptors (Lipinski definition) is 10. The average molecular weight is 615 g/mol. The lowest BCUT2D eigenvalue weighted by molar-refractivity contribution is -0.138. The molecule has 43 heavy (non-hydrogen) atoms. The number of halogens is 1. The van der Waals surface area contributed by atoms with Crippen LogP contribution >= 0.6 is 11.6 Å². The van der Waals surface area contributed by atoms with Gasteiger partial charge < -0.3 is 39.4 Å². The van der Waals surface area contributed by atoms with Crippen LogP contribution in [0.5, 0.6) is 28.7 Å². The summed E-state index contributed by atoms with van der Waals surface area (Å²) >= 11 is 6.54. The first-order chi connectivity index (χ1) is 20.5. The van der Waals surface area contributed by atoms with E-state index in [1.54, 1.807) is 6.92 Å². The minimum absolute atomic E-state index is 0.0136. The van der Waals surface area contributed by atoms with Gasteiger partial charge in [0.2, 0.25) is 23.2 Å². The first-order valence-electron chi connectivity index (χ1n) is 13.5. The van der Waals surface area contributed by atoms with Gasteiger partial charge in [-0.15, -0.1) is 0 Å². The Bertz CT molecular complexity index is 1570. The molecule has 3 atom stereocenters. The lowest BCUT2D eigenvalue weighted by Crippen LogP contribution is -2.53. The van der Waals surface area contributed by atoms with Crippen molar-refractivity contribution in [1.29, 1.82) is 0 Å². The second kappa shape index (κ2) is 11.3. The Kier molecular flexibility index (Phi) is 7.91. The van der Waals surface area contributed by atoms with E-state index >= 15 is 0 Å². The summed E-state index contributed by atoms with van der Waals surface area (Å²) in [5, 5.41) is 24.9. The molecule has 0 saturated carbocycles. The zero-order valence-corrected chi connectivity index (χ0v) is 24.7. The number of fused-ring (bicyclic) bond motifs is 1. The van der Waals surface area contributed by atoms with E-state index in [-0.39, 0.29) is 83.3 Å². The molecule has 1 saturated heterocycles. The van der Waals surface area contributed by atoms with E-state index < -0.39 is 40.7 Å². The summed E-state index contributed by atoms with van der Waals surface area (Å²) in [5.41, 5.74) is -1.92. The first kappa shape index (κ1) is 30.0. The SMILES string of the molecule is COc1cc(C(CC(=O)N2CCNC(=O)C2)C2=C(O)C3(Oc4c(Cl)c(OC)cc(OC)c4C3=O)C(C)CC2=O)ccc1O. The maximum Gasteiger partial charge on any atom is 0.239 e. The molecule has 0 aromatic heterocycles. The van der Waals surface area contributed by atoms with Gasteiger partial charge >= 0.3 is 0 Å². The summed E-state index contributed by atoms with van der Waals surface area (Å²) in [5.74, 6) is -4.43. The third-order valence-electron chi connectivity index (χ3n) is 8.24. The van der Waals surface area contributed by atoms with Crippen LogP contribution in [0.2, 0.25) is 5.02 Å². The van der Waals surface area contributed by atoms with E-state index in [0.29, 0.717) is 5.56 Å². The number of rotatable bonds is 7. The van der Waals surface area contributed by atoms with Crippen molar-refractivity contribution in [3.05, 3.63) is 51.7 Å². The molecule has 1 aliphatic carbocycles. The molecule has 1 spiro atoms. The fourth-order valence-corrected chi connectivity index (χ4v) is 6.26. The second-order valence-electron chi connectivity index (χ2n) is 10.6. The number of ketones is 2. The Morgan fingerprint density at radius 3 is 2.47 bits per heavy atom. The quantitative estimate of drug-likeness (QED) is 0.423. The number of Topliss-reactive ketones (excluding diaryl/α,β-unsaturated/α-hetero) is 2. The van der Waals surface area contributed by atoms with Crippen molar-refractivity contribution in [2.75, 3.05) is 41.0 Å². The number of hydrogen-bond donors (Lipinski definition) is 3. The van der Waals surface area contributed by atoms with Crippen molar-refractivity contribution in [2.45, 2.75) is 31.3 Å². The van der Waals surface area contributed by atoms with Crippen LogP contribution in [0.1, 0.15) is 41.6 Å². The van der Waals surface area contributed by atoms with Gasteiger partial charge in [-0.1, -0.05) is 24.6 Å². The highest BCUT2D eigenvalue weighted by molar-refractivity contribution is 6.35. The van der Waals surface area contributed by atoms with Gasteiger partial charge in [-0.2, -0.15) is 0 Å². The second-order valence-corrected chi connectivity index (χ2v) is 11.0. The molecule has 13 heteroatoms. The monoisotopic (exact) mass is 614 g/mol. The van der Waals surface area contributed by atoms with E-state index in [2.05, 4.69) is 5.32 Å². The van der Waals surface area contributed by atoms with Crippen molar-refractivity contribution in [3.63, 3.8) is 0 Å². The third-order valence-corrected chi connectivity index (χ3v) is 8.59. The highest BCUT2D eigenvalue weighted by Crippen LogP contribution is 2.56. The molecule has 12 nitrogen and oxygen atoms in total. The molecule has 0 bridgehead atoms. The summed E-state index contributed by atoms with van der Waals surface area (Å²) in [6.07, 6.45) is -0.544. The number of aliphatic hydroxyl groups is 1. The van der Waals surface area contributed by atoms with Crippen LogP contribution in [0.3, 0.4) is 0 Å². The van der Waals surface area contributed by atoms with E-state index in [9.17, 15) is 29.4 Å².